The highest BCUT2D eigenvalue weighted by molar-refractivity contribution is 7.86. The highest BCUT2D eigenvalue weighted by Gasteiger charge is 2.34. The Balaban J connectivity index is 2.73. The summed E-state index contributed by atoms with van der Waals surface area (Å²) in [5.41, 5.74) is 0. The molecule has 106 valence electrons. The van der Waals surface area contributed by atoms with Crippen molar-refractivity contribution >= 4 is 16.2 Å². The van der Waals surface area contributed by atoms with E-state index in [1.807, 2.05) is 6.92 Å². The second-order valence-corrected chi connectivity index (χ2v) is 6.21. The van der Waals surface area contributed by atoms with Crippen molar-refractivity contribution in [2.24, 2.45) is 0 Å². The lowest BCUT2D eigenvalue weighted by molar-refractivity contribution is -0.137. The Bertz CT molecular complexity index is 384. The molecule has 0 aliphatic carbocycles. The summed E-state index contributed by atoms with van der Waals surface area (Å²) in [6.45, 7) is 2.97. The van der Waals surface area contributed by atoms with Gasteiger partial charge in [-0.25, -0.2) is 0 Å². The van der Waals surface area contributed by atoms with E-state index < -0.39 is 16.2 Å². The van der Waals surface area contributed by atoms with Gasteiger partial charge in [0.2, 0.25) is 0 Å². The SMILES string of the molecule is CCC1COCCN1S(=O)(=O)N(C)CCC(=O)O. The molecule has 1 saturated heterocycles. The number of aliphatic carboxylic acids is 1. The Kier molecular flexibility index (Phi) is 5.51. The number of hydrogen-bond donors (Lipinski definition) is 1. The van der Waals surface area contributed by atoms with Crippen LogP contribution in [0.25, 0.3) is 0 Å². The van der Waals surface area contributed by atoms with Crippen molar-refractivity contribution in [3.8, 4) is 0 Å². The van der Waals surface area contributed by atoms with Crippen LogP contribution in [-0.4, -0.2) is 67.5 Å². The first kappa shape index (κ1) is 15.4. The minimum atomic E-state index is -3.60. The number of rotatable bonds is 6. The fourth-order valence-electron chi connectivity index (χ4n) is 1.81. The molecule has 0 aromatic rings. The van der Waals surface area contributed by atoms with Gasteiger partial charge >= 0.3 is 5.97 Å². The molecule has 8 heteroatoms. The highest BCUT2D eigenvalue weighted by atomic mass is 32.2. The zero-order valence-electron chi connectivity index (χ0n) is 10.7. The monoisotopic (exact) mass is 280 g/mol. The van der Waals surface area contributed by atoms with E-state index >= 15 is 0 Å². The van der Waals surface area contributed by atoms with Crippen molar-refractivity contribution in [3.05, 3.63) is 0 Å². The molecule has 0 aromatic carbocycles. The van der Waals surface area contributed by atoms with Gasteiger partial charge in [0.1, 0.15) is 0 Å². The summed E-state index contributed by atoms with van der Waals surface area (Å²) >= 11 is 0. The van der Waals surface area contributed by atoms with E-state index in [4.69, 9.17) is 9.84 Å². The minimum absolute atomic E-state index is 0.0224. The zero-order valence-corrected chi connectivity index (χ0v) is 11.5. The molecule has 7 nitrogen and oxygen atoms in total. The predicted octanol–water partition coefficient (Wildman–Crippen LogP) is -0.251. The first-order valence-electron chi connectivity index (χ1n) is 5.92. The van der Waals surface area contributed by atoms with Crippen molar-refractivity contribution in [1.82, 2.24) is 8.61 Å². The van der Waals surface area contributed by atoms with Gasteiger partial charge in [-0.05, 0) is 6.42 Å². The molecule has 1 heterocycles. The highest BCUT2D eigenvalue weighted by Crippen LogP contribution is 2.17. The second kappa shape index (κ2) is 6.46. The largest absolute Gasteiger partial charge is 0.481 e. The lowest BCUT2D eigenvalue weighted by Crippen LogP contribution is -2.53. The molecule has 0 saturated carbocycles. The van der Waals surface area contributed by atoms with E-state index in [0.29, 0.717) is 26.2 Å². The van der Waals surface area contributed by atoms with Crippen molar-refractivity contribution < 1.29 is 23.1 Å². The average Bonchev–Trinajstić information content (AvgIpc) is 2.35. The molecule has 1 unspecified atom stereocenters. The Morgan fingerprint density at radius 2 is 2.22 bits per heavy atom. The standard InChI is InChI=1S/C10H20N2O5S/c1-3-9-8-17-7-6-12(9)18(15,16)11(2)5-4-10(13)14/h9H,3-8H2,1-2H3,(H,13,14). The Hall–Kier alpha value is -0.700. The smallest absolute Gasteiger partial charge is 0.304 e. The molecule has 1 atom stereocenters. The van der Waals surface area contributed by atoms with Gasteiger partial charge in [0.15, 0.2) is 0 Å². The summed E-state index contributed by atoms with van der Waals surface area (Å²) in [6, 6.07) is -0.170. The maximum Gasteiger partial charge on any atom is 0.304 e. The Morgan fingerprint density at radius 3 is 2.78 bits per heavy atom. The number of hydrogen-bond acceptors (Lipinski definition) is 4. The summed E-state index contributed by atoms with van der Waals surface area (Å²) in [7, 11) is -2.19. The van der Waals surface area contributed by atoms with E-state index in [1.165, 1.54) is 11.4 Å². The molecular formula is C10H20N2O5S. The quantitative estimate of drug-likeness (QED) is 0.725. The molecule has 1 N–H and O–H groups in total. The maximum atomic E-state index is 12.3. The van der Waals surface area contributed by atoms with Crippen LogP contribution < -0.4 is 0 Å². The van der Waals surface area contributed by atoms with Gasteiger partial charge in [-0.15, -0.1) is 0 Å². The summed E-state index contributed by atoms with van der Waals surface area (Å²) in [6.07, 6.45) is 0.475. The van der Waals surface area contributed by atoms with E-state index in [-0.39, 0.29) is 19.0 Å². The average molecular weight is 280 g/mol. The van der Waals surface area contributed by atoms with Crippen LogP contribution in [0.2, 0.25) is 0 Å². The van der Waals surface area contributed by atoms with Crippen LogP contribution in [0.3, 0.4) is 0 Å². The number of carbonyl (C=O) groups is 1. The van der Waals surface area contributed by atoms with Crippen LogP contribution in [0, 0.1) is 0 Å². The van der Waals surface area contributed by atoms with Crippen LogP contribution in [0.5, 0.6) is 0 Å². The fourth-order valence-corrected chi connectivity index (χ4v) is 3.38. The lowest BCUT2D eigenvalue weighted by Gasteiger charge is -2.36. The number of carboxylic acids is 1. The summed E-state index contributed by atoms with van der Waals surface area (Å²) in [4.78, 5) is 10.5. The normalized spacial score (nSPS) is 22.3. The van der Waals surface area contributed by atoms with E-state index in [9.17, 15) is 13.2 Å². The van der Waals surface area contributed by atoms with Crippen molar-refractivity contribution in [1.29, 1.82) is 0 Å². The van der Waals surface area contributed by atoms with Crippen molar-refractivity contribution in [3.63, 3.8) is 0 Å². The van der Waals surface area contributed by atoms with Gasteiger partial charge in [0.25, 0.3) is 10.2 Å². The van der Waals surface area contributed by atoms with Crippen LogP contribution in [0.4, 0.5) is 0 Å². The van der Waals surface area contributed by atoms with Gasteiger partial charge in [-0.1, -0.05) is 6.92 Å². The molecule has 0 amide bonds. The van der Waals surface area contributed by atoms with Gasteiger partial charge in [0, 0.05) is 26.2 Å². The van der Waals surface area contributed by atoms with Crippen LogP contribution in [-0.2, 0) is 19.7 Å². The molecular weight excluding hydrogens is 260 g/mol. The predicted molar refractivity (Wildman–Crippen MR) is 65.4 cm³/mol. The number of carboxylic acid groups (broad SMARTS) is 1. The minimum Gasteiger partial charge on any atom is -0.481 e. The van der Waals surface area contributed by atoms with Gasteiger partial charge in [0.05, 0.1) is 19.6 Å². The lowest BCUT2D eigenvalue weighted by atomic mass is 10.2. The molecule has 1 fully saturated rings. The van der Waals surface area contributed by atoms with E-state index in [1.54, 1.807) is 0 Å². The van der Waals surface area contributed by atoms with Crippen molar-refractivity contribution in [2.75, 3.05) is 33.4 Å². The molecule has 0 aromatic heterocycles. The fraction of sp³-hybridized carbons (Fsp3) is 0.900. The Labute approximate surface area is 108 Å². The molecule has 0 radical (unpaired) electrons. The third-order valence-electron chi connectivity index (χ3n) is 2.98. The van der Waals surface area contributed by atoms with Gasteiger partial charge in [-0.2, -0.15) is 17.0 Å². The second-order valence-electron chi connectivity index (χ2n) is 4.22. The van der Waals surface area contributed by atoms with Crippen LogP contribution in [0.1, 0.15) is 19.8 Å². The number of ether oxygens (including phenoxy) is 1. The van der Waals surface area contributed by atoms with Gasteiger partial charge in [-0.3, -0.25) is 4.79 Å². The van der Waals surface area contributed by atoms with Crippen LogP contribution in [0.15, 0.2) is 0 Å². The van der Waals surface area contributed by atoms with E-state index in [0.717, 1.165) is 4.31 Å². The first-order chi connectivity index (χ1) is 8.39. The summed E-state index contributed by atoms with van der Waals surface area (Å²) < 4.78 is 32.3. The molecule has 1 rings (SSSR count). The third kappa shape index (κ3) is 3.64. The third-order valence-corrected chi connectivity index (χ3v) is 5.02. The molecule has 1 aliphatic rings. The number of nitrogens with zero attached hydrogens (tertiary/aromatic N) is 2. The van der Waals surface area contributed by atoms with E-state index in [2.05, 4.69) is 0 Å². The molecule has 1 aliphatic heterocycles. The summed E-state index contributed by atoms with van der Waals surface area (Å²) in [5.74, 6) is -1.01. The Morgan fingerprint density at radius 1 is 1.56 bits per heavy atom. The maximum absolute atomic E-state index is 12.3. The zero-order chi connectivity index (χ0) is 13.8. The molecule has 0 bridgehead atoms. The molecule has 18 heavy (non-hydrogen) atoms. The summed E-state index contributed by atoms with van der Waals surface area (Å²) in [5, 5.41) is 8.58. The van der Waals surface area contributed by atoms with Crippen molar-refractivity contribution in [2.45, 2.75) is 25.8 Å². The number of morpholine rings is 1. The molecule has 0 spiro atoms. The van der Waals surface area contributed by atoms with Crippen LogP contribution >= 0.6 is 0 Å². The topological polar surface area (TPSA) is 87.2 Å². The first-order valence-corrected chi connectivity index (χ1v) is 7.32. The van der Waals surface area contributed by atoms with Gasteiger partial charge < -0.3 is 9.84 Å².